The Morgan fingerprint density at radius 3 is 2.70 bits per heavy atom. The van der Waals surface area contributed by atoms with Crippen molar-refractivity contribution in [2.75, 3.05) is 18.0 Å². The van der Waals surface area contributed by atoms with Gasteiger partial charge in [0.1, 0.15) is 11.9 Å². The van der Waals surface area contributed by atoms with Crippen molar-refractivity contribution in [2.24, 2.45) is 11.8 Å². The molecule has 2 aliphatic carbocycles. The van der Waals surface area contributed by atoms with E-state index in [0.717, 1.165) is 32.4 Å². The molecule has 1 amide bonds. The fraction of sp³-hybridized carbons (Fsp3) is 0.476. The number of anilines is 1. The van der Waals surface area contributed by atoms with Gasteiger partial charge in [0.15, 0.2) is 0 Å². The van der Waals surface area contributed by atoms with Gasteiger partial charge in [-0.3, -0.25) is 4.79 Å². The smallest absolute Gasteiger partial charge is 0.255 e. The molecule has 0 radical (unpaired) electrons. The lowest BCUT2D eigenvalue weighted by Gasteiger charge is -2.53. The van der Waals surface area contributed by atoms with Gasteiger partial charge in [-0.05, 0) is 49.7 Å². The number of phenolic OH excluding ortho intramolecular Hbond substituents is 1. The maximum Gasteiger partial charge on any atom is 0.255 e. The van der Waals surface area contributed by atoms with E-state index in [2.05, 4.69) is 20.2 Å². The summed E-state index contributed by atoms with van der Waals surface area (Å²) >= 11 is 11.9. The highest BCUT2D eigenvalue weighted by atomic mass is 35.5. The minimum atomic E-state index is -0.364. The van der Waals surface area contributed by atoms with Crippen LogP contribution >= 0.6 is 23.2 Å². The van der Waals surface area contributed by atoms with Crippen molar-refractivity contribution >= 4 is 35.1 Å². The summed E-state index contributed by atoms with van der Waals surface area (Å²) in [7, 11) is 0. The molecule has 3 heterocycles. The fourth-order valence-electron chi connectivity index (χ4n) is 4.47. The number of hydrogen-bond donors (Lipinski definition) is 2. The fourth-order valence-corrected chi connectivity index (χ4v) is 4.96. The van der Waals surface area contributed by atoms with Crippen molar-refractivity contribution in [2.45, 2.75) is 37.8 Å². The Labute approximate surface area is 184 Å². The maximum atomic E-state index is 12.7. The molecular formula is C21H22Cl2N4O3. The molecule has 0 spiro atoms. The zero-order valence-corrected chi connectivity index (χ0v) is 17.7. The number of nitrogens with one attached hydrogen (secondary N) is 1. The van der Waals surface area contributed by atoms with Crippen LogP contribution in [-0.2, 0) is 0 Å². The third kappa shape index (κ3) is 3.65. The molecule has 2 unspecified atom stereocenters. The van der Waals surface area contributed by atoms with E-state index in [9.17, 15) is 9.90 Å². The summed E-state index contributed by atoms with van der Waals surface area (Å²) in [5, 5.41) is 13.5. The molecule has 158 valence electrons. The van der Waals surface area contributed by atoms with Crippen LogP contribution < -0.4 is 15.0 Å². The molecule has 6 rings (SSSR count). The van der Waals surface area contributed by atoms with E-state index < -0.39 is 0 Å². The van der Waals surface area contributed by atoms with Crippen molar-refractivity contribution in [3.8, 4) is 11.6 Å². The van der Waals surface area contributed by atoms with E-state index in [1.807, 2.05) is 0 Å². The van der Waals surface area contributed by atoms with Gasteiger partial charge in [0.25, 0.3) is 5.91 Å². The zero-order valence-electron chi connectivity index (χ0n) is 16.2. The van der Waals surface area contributed by atoms with Gasteiger partial charge >= 0.3 is 0 Å². The lowest BCUT2D eigenvalue weighted by Crippen LogP contribution is -2.64. The number of nitrogens with zero attached hydrogens (tertiary/aromatic N) is 3. The summed E-state index contributed by atoms with van der Waals surface area (Å²) < 4.78 is 5.89. The Morgan fingerprint density at radius 1 is 1.23 bits per heavy atom. The second-order valence-corrected chi connectivity index (χ2v) is 9.15. The Hall–Kier alpha value is -2.25. The van der Waals surface area contributed by atoms with Crippen LogP contribution in [0.1, 0.15) is 36.0 Å². The Kier molecular flexibility index (Phi) is 5.11. The number of amides is 1. The summed E-state index contributed by atoms with van der Waals surface area (Å²) in [6.45, 7) is 1.52. The standard InChI is InChI=1S/C21H22Cl2N4O3/c22-13-7-15(19(28)16(23)8-13)20(29)26-18-11-6-12(18)10-27(9-11)21-24-5-4-17(25-21)30-14-2-1-3-14/h4-5,7-8,11-12,14,18,28H,1-3,6,9-10H2,(H,26,29). The second kappa shape index (κ2) is 7.78. The SMILES string of the molecule is O=C(NC1C2CC1CN(c1nccc(OC3CCC3)n1)C2)c1cc(Cl)cc(Cl)c1O. The Morgan fingerprint density at radius 2 is 2.00 bits per heavy atom. The summed E-state index contributed by atoms with van der Waals surface area (Å²) in [5.41, 5.74) is 0.0958. The molecule has 2 bridgehead atoms. The topological polar surface area (TPSA) is 87.6 Å². The van der Waals surface area contributed by atoms with Crippen molar-refractivity contribution in [1.82, 2.24) is 15.3 Å². The number of carbonyl (C=O) groups is 1. The van der Waals surface area contributed by atoms with Gasteiger partial charge in [0.05, 0.1) is 10.6 Å². The highest BCUT2D eigenvalue weighted by molar-refractivity contribution is 6.36. The monoisotopic (exact) mass is 448 g/mol. The van der Waals surface area contributed by atoms with Crippen LogP contribution in [0.3, 0.4) is 0 Å². The van der Waals surface area contributed by atoms with Gasteiger partial charge in [-0.1, -0.05) is 23.2 Å². The van der Waals surface area contributed by atoms with Gasteiger partial charge in [-0.25, -0.2) is 4.98 Å². The average Bonchev–Trinajstić information content (AvgIpc) is 2.71. The third-order valence-corrected chi connectivity index (χ3v) is 6.85. The highest BCUT2D eigenvalue weighted by Crippen LogP contribution is 2.42. The summed E-state index contributed by atoms with van der Waals surface area (Å²) in [6, 6.07) is 4.69. The molecule has 2 N–H and O–H groups in total. The lowest BCUT2D eigenvalue weighted by atomic mass is 9.66. The first-order valence-electron chi connectivity index (χ1n) is 10.2. The first kappa shape index (κ1) is 19.7. The molecule has 4 aliphatic rings. The van der Waals surface area contributed by atoms with E-state index in [4.69, 9.17) is 27.9 Å². The third-order valence-electron chi connectivity index (χ3n) is 6.34. The van der Waals surface area contributed by atoms with Crippen molar-refractivity contribution in [3.05, 3.63) is 40.0 Å². The van der Waals surface area contributed by atoms with Crippen LogP contribution in [-0.4, -0.2) is 46.2 Å². The summed E-state index contributed by atoms with van der Waals surface area (Å²) in [6.07, 6.45) is 6.44. The number of halogens is 2. The van der Waals surface area contributed by atoms with Gasteiger partial charge < -0.3 is 20.1 Å². The van der Waals surface area contributed by atoms with Gasteiger partial charge in [0.2, 0.25) is 11.8 Å². The Bertz CT molecular complexity index is 973. The number of rotatable bonds is 5. The summed E-state index contributed by atoms with van der Waals surface area (Å²) in [4.78, 5) is 23.8. The van der Waals surface area contributed by atoms with Crippen molar-refractivity contribution in [3.63, 3.8) is 0 Å². The highest BCUT2D eigenvalue weighted by Gasteiger charge is 2.48. The number of aromatic hydroxyl groups is 1. The minimum absolute atomic E-state index is 0.0420. The van der Waals surface area contributed by atoms with E-state index in [1.54, 1.807) is 12.3 Å². The lowest BCUT2D eigenvalue weighted by molar-refractivity contribution is 0.0635. The van der Waals surface area contributed by atoms with Gasteiger partial charge in [-0.15, -0.1) is 0 Å². The number of fused-ring (bicyclic) bond motifs is 2. The number of benzene rings is 1. The quantitative estimate of drug-likeness (QED) is 0.725. The van der Waals surface area contributed by atoms with Crippen molar-refractivity contribution in [1.29, 1.82) is 0 Å². The number of hydrogen-bond acceptors (Lipinski definition) is 6. The van der Waals surface area contributed by atoms with Crippen LogP contribution in [0.25, 0.3) is 0 Å². The predicted octanol–water partition coefficient (Wildman–Crippen LogP) is 3.68. The molecule has 4 fully saturated rings. The second-order valence-electron chi connectivity index (χ2n) is 8.31. The van der Waals surface area contributed by atoms with E-state index in [-0.39, 0.29) is 34.4 Å². The van der Waals surface area contributed by atoms with E-state index >= 15 is 0 Å². The maximum absolute atomic E-state index is 12.7. The van der Waals surface area contributed by atoms with Gasteiger partial charge in [0, 0.05) is 36.4 Å². The van der Waals surface area contributed by atoms with E-state index in [0.29, 0.717) is 28.7 Å². The van der Waals surface area contributed by atoms with E-state index in [1.165, 1.54) is 18.6 Å². The first-order valence-corrected chi connectivity index (χ1v) is 11.0. The molecule has 2 atom stereocenters. The number of phenols is 1. The Balaban J connectivity index is 1.23. The number of carbonyl (C=O) groups excluding carboxylic acids is 1. The molecule has 2 saturated heterocycles. The minimum Gasteiger partial charge on any atom is -0.506 e. The summed E-state index contributed by atoms with van der Waals surface area (Å²) in [5.74, 6) is 1.28. The molecular weight excluding hydrogens is 427 g/mol. The zero-order chi connectivity index (χ0) is 20.8. The molecule has 2 aliphatic heterocycles. The van der Waals surface area contributed by atoms with Crippen LogP contribution in [0.4, 0.5) is 5.95 Å². The number of piperidine rings is 2. The largest absolute Gasteiger partial charge is 0.506 e. The molecule has 1 aromatic heterocycles. The van der Waals surface area contributed by atoms with Crippen LogP contribution in [0, 0.1) is 11.8 Å². The molecule has 7 nitrogen and oxygen atoms in total. The molecule has 30 heavy (non-hydrogen) atoms. The van der Waals surface area contributed by atoms with Crippen molar-refractivity contribution < 1.29 is 14.6 Å². The number of ether oxygens (including phenoxy) is 1. The van der Waals surface area contributed by atoms with Crippen LogP contribution in [0.5, 0.6) is 11.6 Å². The van der Waals surface area contributed by atoms with Crippen LogP contribution in [0.2, 0.25) is 10.0 Å². The average molecular weight is 449 g/mol. The molecule has 2 saturated carbocycles. The predicted molar refractivity (Wildman–Crippen MR) is 113 cm³/mol. The number of aromatic nitrogens is 2. The normalized spacial score (nSPS) is 25.3. The molecule has 1 aromatic carbocycles. The molecule has 2 aromatic rings. The van der Waals surface area contributed by atoms with Crippen LogP contribution in [0.15, 0.2) is 24.4 Å². The first-order chi connectivity index (χ1) is 14.5. The van der Waals surface area contributed by atoms with Gasteiger partial charge in [-0.2, -0.15) is 4.98 Å². The molecule has 9 heteroatoms.